The van der Waals surface area contributed by atoms with Gasteiger partial charge in [0.15, 0.2) is 5.13 Å². The van der Waals surface area contributed by atoms with E-state index in [0.717, 1.165) is 42.4 Å². The smallest absolute Gasteiger partial charge is 0.241 e. The molecule has 2 heterocycles. The van der Waals surface area contributed by atoms with E-state index in [1.165, 1.54) is 17.4 Å². The Labute approximate surface area is 171 Å². The van der Waals surface area contributed by atoms with E-state index in [1.54, 1.807) is 18.3 Å². The summed E-state index contributed by atoms with van der Waals surface area (Å²) in [6.45, 7) is 7.22. The van der Waals surface area contributed by atoms with Crippen LogP contribution in [0.5, 0.6) is 0 Å². The second-order valence-corrected chi connectivity index (χ2v) is 11.0. The molecule has 1 aromatic carbocycles. The summed E-state index contributed by atoms with van der Waals surface area (Å²) in [6.07, 6.45) is 4.74. The van der Waals surface area contributed by atoms with Crippen molar-refractivity contribution in [1.29, 1.82) is 0 Å². The number of hydrogen-bond donors (Lipinski definition) is 3. The van der Waals surface area contributed by atoms with Gasteiger partial charge in [-0.15, -0.1) is 0 Å². The maximum atomic E-state index is 13.0. The van der Waals surface area contributed by atoms with Crippen molar-refractivity contribution in [3.63, 3.8) is 0 Å². The highest BCUT2D eigenvalue weighted by Crippen LogP contribution is 2.36. The van der Waals surface area contributed by atoms with E-state index in [4.69, 9.17) is 11.5 Å². The molecule has 28 heavy (non-hydrogen) atoms. The SMILES string of the molecule is CC(C)(C)NS(=O)(=O)c1cc(N)ccc1-c1cnc(N2CCCC(N)CC2)s1. The van der Waals surface area contributed by atoms with Gasteiger partial charge in [-0.1, -0.05) is 17.4 Å². The molecular formula is C19H29N5O2S2. The molecule has 1 aliphatic rings. The number of nitrogens with zero attached hydrogens (tertiary/aromatic N) is 2. The van der Waals surface area contributed by atoms with Gasteiger partial charge in [-0.3, -0.25) is 0 Å². The van der Waals surface area contributed by atoms with Crippen molar-refractivity contribution in [3.8, 4) is 10.4 Å². The average Bonchev–Trinajstić information content (AvgIpc) is 2.95. The van der Waals surface area contributed by atoms with Crippen molar-refractivity contribution in [2.45, 2.75) is 56.5 Å². The molecule has 1 aromatic heterocycles. The minimum atomic E-state index is -3.73. The molecule has 0 aliphatic carbocycles. The lowest BCUT2D eigenvalue weighted by Crippen LogP contribution is -2.40. The van der Waals surface area contributed by atoms with Crippen LogP contribution in [0.15, 0.2) is 29.3 Å². The first-order valence-corrected chi connectivity index (χ1v) is 11.8. The Bertz CT molecular complexity index is 934. The first-order chi connectivity index (χ1) is 13.0. The summed E-state index contributed by atoms with van der Waals surface area (Å²) in [5.41, 5.74) is 12.4. The lowest BCUT2D eigenvalue weighted by Gasteiger charge is -2.21. The van der Waals surface area contributed by atoms with E-state index in [9.17, 15) is 8.42 Å². The first-order valence-electron chi connectivity index (χ1n) is 9.45. The Morgan fingerprint density at radius 1 is 1.25 bits per heavy atom. The van der Waals surface area contributed by atoms with Gasteiger partial charge in [0.05, 0.1) is 9.77 Å². The zero-order chi connectivity index (χ0) is 20.5. The van der Waals surface area contributed by atoms with Crippen LogP contribution in [0, 0.1) is 0 Å². The Morgan fingerprint density at radius 3 is 2.71 bits per heavy atom. The molecule has 0 bridgehead atoms. The number of thiazole rings is 1. The number of hydrogen-bond acceptors (Lipinski definition) is 7. The summed E-state index contributed by atoms with van der Waals surface area (Å²) in [5.74, 6) is 0. The molecule has 3 rings (SSSR count). The average molecular weight is 424 g/mol. The molecule has 1 unspecified atom stereocenters. The zero-order valence-electron chi connectivity index (χ0n) is 16.6. The lowest BCUT2D eigenvalue weighted by molar-refractivity contribution is 0.491. The number of sulfonamides is 1. The van der Waals surface area contributed by atoms with Crippen LogP contribution in [0.25, 0.3) is 10.4 Å². The number of aromatic nitrogens is 1. The summed E-state index contributed by atoms with van der Waals surface area (Å²) in [7, 11) is -3.73. The molecule has 0 saturated carbocycles. The van der Waals surface area contributed by atoms with E-state index in [1.807, 2.05) is 20.8 Å². The number of anilines is 2. The van der Waals surface area contributed by atoms with Crippen molar-refractivity contribution >= 4 is 32.2 Å². The van der Waals surface area contributed by atoms with Gasteiger partial charge in [0.25, 0.3) is 0 Å². The van der Waals surface area contributed by atoms with Crippen LogP contribution in [0.1, 0.15) is 40.0 Å². The van der Waals surface area contributed by atoms with Crippen molar-refractivity contribution < 1.29 is 8.42 Å². The van der Waals surface area contributed by atoms with Crippen LogP contribution < -0.4 is 21.1 Å². The molecule has 154 valence electrons. The molecule has 1 saturated heterocycles. The third-order valence-corrected chi connectivity index (χ3v) is 7.43. The van der Waals surface area contributed by atoms with Gasteiger partial charge in [0.1, 0.15) is 0 Å². The van der Waals surface area contributed by atoms with Crippen LogP contribution in [0.3, 0.4) is 0 Å². The van der Waals surface area contributed by atoms with Crippen molar-refractivity contribution in [1.82, 2.24) is 9.71 Å². The van der Waals surface area contributed by atoms with Crippen LogP contribution >= 0.6 is 11.3 Å². The highest BCUT2D eigenvalue weighted by Gasteiger charge is 2.26. The minimum absolute atomic E-state index is 0.176. The molecular weight excluding hydrogens is 394 g/mol. The summed E-state index contributed by atoms with van der Waals surface area (Å²) < 4.78 is 28.7. The maximum absolute atomic E-state index is 13.0. The molecule has 5 N–H and O–H groups in total. The van der Waals surface area contributed by atoms with Crippen LogP contribution in [-0.2, 0) is 10.0 Å². The zero-order valence-corrected chi connectivity index (χ0v) is 18.2. The fraction of sp³-hybridized carbons (Fsp3) is 0.526. The number of benzene rings is 1. The number of rotatable bonds is 4. The fourth-order valence-electron chi connectivity index (χ4n) is 3.27. The molecule has 0 spiro atoms. The van der Waals surface area contributed by atoms with Crippen molar-refractivity contribution in [2.75, 3.05) is 23.7 Å². The Balaban J connectivity index is 1.96. The van der Waals surface area contributed by atoms with E-state index in [0.29, 0.717) is 11.3 Å². The van der Waals surface area contributed by atoms with Gasteiger partial charge in [0, 0.05) is 42.1 Å². The molecule has 2 aromatic rings. The second-order valence-electron chi connectivity index (χ2n) is 8.30. The maximum Gasteiger partial charge on any atom is 0.241 e. The molecule has 1 fully saturated rings. The Hall–Kier alpha value is -1.68. The molecule has 9 heteroatoms. The topological polar surface area (TPSA) is 114 Å². The van der Waals surface area contributed by atoms with Gasteiger partial charge in [-0.05, 0) is 52.2 Å². The van der Waals surface area contributed by atoms with Gasteiger partial charge >= 0.3 is 0 Å². The monoisotopic (exact) mass is 423 g/mol. The van der Waals surface area contributed by atoms with Crippen LogP contribution in [0.2, 0.25) is 0 Å². The van der Waals surface area contributed by atoms with E-state index in [-0.39, 0.29) is 10.9 Å². The quantitative estimate of drug-likeness (QED) is 0.652. The van der Waals surface area contributed by atoms with Gasteiger partial charge in [-0.25, -0.2) is 18.1 Å². The van der Waals surface area contributed by atoms with Crippen molar-refractivity contribution in [3.05, 3.63) is 24.4 Å². The molecule has 1 atom stereocenters. The largest absolute Gasteiger partial charge is 0.399 e. The van der Waals surface area contributed by atoms with Gasteiger partial charge < -0.3 is 16.4 Å². The van der Waals surface area contributed by atoms with Gasteiger partial charge in [-0.2, -0.15) is 0 Å². The summed E-state index contributed by atoms with van der Waals surface area (Å²) in [6, 6.07) is 5.22. The number of nitrogens with two attached hydrogens (primary N) is 2. The summed E-state index contributed by atoms with van der Waals surface area (Å²) in [4.78, 5) is 7.78. The number of nitrogens with one attached hydrogen (secondary N) is 1. The van der Waals surface area contributed by atoms with Crippen LogP contribution in [0.4, 0.5) is 10.8 Å². The second kappa shape index (κ2) is 7.98. The summed E-state index contributed by atoms with van der Waals surface area (Å²) in [5, 5.41) is 0.896. The Morgan fingerprint density at radius 2 is 2.00 bits per heavy atom. The standard InChI is InChI=1S/C19H29N5O2S2/c1-19(2,3)23-28(25,26)17-11-14(21)6-7-15(17)16-12-22-18(27-16)24-9-4-5-13(20)8-10-24/h6-7,11-13,23H,4-5,8-10,20-21H2,1-3H3. The fourth-order valence-corrected chi connectivity index (χ4v) is 6.02. The molecule has 1 aliphatic heterocycles. The third-order valence-electron chi connectivity index (χ3n) is 4.54. The third kappa shape index (κ3) is 5.02. The minimum Gasteiger partial charge on any atom is -0.399 e. The highest BCUT2D eigenvalue weighted by atomic mass is 32.2. The predicted molar refractivity (Wildman–Crippen MR) is 116 cm³/mol. The van der Waals surface area contributed by atoms with Crippen molar-refractivity contribution in [2.24, 2.45) is 5.73 Å². The predicted octanol–water partition coefficient (Wildman–Crippen LogP) is 2.79. The van der Waals surface area contributed by atoms with E-state index >= 15 is 0 Å². The summed E-state index contributed by atoms with van der Waals surface area (Å²) >= 11 is 1.50. The molecule has 7 nitrogen and oxygen atoms in total. The molecule has 0 radical (unpaired) electrons. The van der Waals surface area contributed by atoms with E-state index < -0.39 is 15.6 Å². The van der Waals surface area contributed by atoms with Gasteiger partial charge in [0.2, 0.25) is 10.0 Å². The first kappa shape index (κ1) is 21.0. The highest BCUT2D eigenvalue weighted by molar-refractivity contribution is 7.89. The number of nitrogen functional groups attached to an aromatic ring is 1. The Kier molecular flexibility index (Phi) is 6.00. The van der Waals surface area contributed by atoms with Crippen LogP contribution in [-0.4, -0.2) is 38.1 Å². The lowest BCUT2D eigenvalue weighted by atomic mass is 10.1. The normalized spacial score (nSPS) is 18.9. The molecule has 0 amide bonds. The van der Waals surface area contributed by atoms with E-state index in [2.05, 4.69) is 14.6 Å².